The Morgan fingerprint density at radius 1 is 0.893 bits per heavy atom. The molecule has 0 heterocycles. The van der Waals surface area contributed by atoms with Crippen molar-refractivity contribution in [3.63, 3.8) is 0 Å². The van der Waals surface area contributed by atoms with Crippen LogP contribution in [0.25, 0.3) is 0 Å². The molecule has 1 atom stereocenters. The third-order valence-electron chi connectivity index (χ3n) is 3.69. The van der Waals surface area contributed by atoms with Gasteiger partial charge in [0, 0.05) is 6.54 Å². The first-order valence-electron chi connectivity index (χ1n) is 7.85. The number of nitrogens with one attached hydrogen (secondary N) is 1. The predicted octanol–water partition coefficient (Wildman–Crippen LogP) is 4.60. The van der Waals surface area contributed by atoms with Crippen molar-refractivity contribution >= 4 is 10.0 Å². The minimum Gasteiger partial charge on any atom is -0.406 e. The van der Waals surface area contributed by atoms with E-state index in [2.05, 4.69) is 4.74 Å². The lowest BCUT2D eigenvalue weighted by atomic mass is 9.95. The van der Waals surface area contributed by atoms with E-state index in [-0.39, 0.29) is 5.56 Å². The van der Waals surface area contributed by atoms with Crippen LogP contribution in [0, 0.1) is 0 Å². The molecule has 0 aliphatic rings. The zero-order chi connectivity index (χ0) is 21.0. The van der Waals surface area contributed by atoms with Crippen molar-refractivity contribution in [2.75, 3.05) is 6.54 Å². The van der Waals surface area contributed by atoms with E-state index in [4.69, 9.17) is 0 Å². The zero-order valence-corrected chi connectivity index (χ0v) is 14.9. The average Bonchev–Trinajstić information content (AvgIpc) is 2.57. The number of rotatable bonds is 7. The molecule has 154 valence electrons. The molecule has 0 radical (unpaired) electrons. The first kappa shape index (κ1) is 22.0. The Bertz CT molecular complexity index is 865. The Morgan fingerprint density at radius 2 is 1.46 bits per heavy atom. The van der Waals surface area contributed by atoms with Crippen molar-refractivity contribution in [1.29, 1.82) is 0 Å². The predicted molar refractivity (Wildman–Crippen MR) is 88.2 cm³/mol. The molecule has 0 amide bonds. The summed E-state index contributed by atoms with van der Waals surface area (Å²) in [7, 11) is -4.20. The molecule has 4 nitrogen and oxygen atoms in total. The van der Waals surface area contributed by atoms with Gasteiger partial charge in [-0.15, -0.1) is 13.2 Å². The van der Waals surface area contributed by atoms with E-state index in [1.807, 2.05) is 4.72 Å². The quantitative estimate of drug-likeness (QED) is 0.658. The summed E-state index contributed by atoms with van der Waals surface area (Å²) >= 11 is 0. The Labute approximate surface area is 157 Å². The summed E-state index contributed by atoms with van der Waals surface area (Å²) in [5.74, 6) is -2.48. The fourth-order valence-electron chi connectivity index (χ4n) is 2.45. The molecule has 0 fully saturated rings. The Kier molecular flexibility index (Phi) is 6.60. The van der Waals surface area contributed by atoms with Gasteiger partial charge in [-0.25, -0.2) is 13.1 Å². The van der Waals surface area contributed by atoms with Gasteiger partial charge in [0.05, 0.1) is 10.8 Å². The fourth-order valence-corrected chi connectivity index (χ4v) is 3.49. The molecule has 0 saturated carbocycles. The van der Waals surface area contributed by atoms with E-state index in [1.54, 1.807) is 6.07 Å². The fraction of sp³-hybridized carbons (Fsp3) is 0.294. The van der Waals surface area contributed by atoms with Gasteiger partial charge in [0.25, 0.3) is 0 Å². The Morgan fingerprint density at radius 3 is 1.96 bits per heavy atom. The third-order valence-corrected chi connectivity index (χ3v) is 5.17. The molecule has 11 heteroatoms. The average molecular weight is 427 g/mol. The van der Waals surface area contributed by atoms with Crippen molar-refractivity contribution in [1.82, 2.24) is 4.72 Å². The van der Waals surface area contributed by atoms with Crippen LogP contribution in [0.5, 0.6) is 5.75 Å². The van der Waals surface area contributed by atoms with Gasteiger partial charge in [-0.05, 0) is 36.2 Å². The van der Waals surface area contributed by atoms with Crippen LogP contribution in [-0.4, -0.2) is 27.5 Å². The second-order valence-electron chi connectivity index (χ2n) is 5.71. The van der Waals surface area contributed by atoms with Crippen molar-refractivity contribution in [2.24, 2.45) is 0 Å². The molecule has 0 aromatic heterocycles. The van der Waals surface area contributed by atoms with Gasteiger partial charge in [-0.1, -0.05) is 30.3 Å². The molecule has 28 heavy (non-hydrogen) atoms. The topological polar surface area (TPSA) is 55.4 Å². The molecule has 0 unspecified atom stereocenters. The standard InChI is InChI=1S/C17H15F6NO3S/c18-16(19,20)15(12-4-2-1-3-5-12)10-11-24-28(25,26)14-8-6-13(7-9-14)27-17(21,22)23/h1-9,15,24H,10-11H2/t15-/m0/s1. The van der Waals surface area contributed by atoms with Gasteiger partial charge >= 0.3 is 12.5 Å². The second-order valence-corrected chi connectivity index (χ2v) is 7.48. The molecule has 1 N–H and O–H groups in total. The second kappa shape index (κ2) is 8.39. The van der Waals surface area contributed by atoms with Crippen LogP contribution in [0.15, 0.2) is 59.5 Å². The first-order valence-corrected chi connectivity index (χ1v) is 9.34. The van der Waals surface area contributed by atoms with Crippen molar-refractivity contribution in [3.05, 3.63) is 60.2 Å². The van der Waals surface area contributed by atoms with Crippen molar-refractivity contribution < 1.29 is 39.5 Å². The molecule has 2 aromatic rings. The molecule has 2 rings (SSSR count). The van der Waals surface area contributed by atoms with Gasteiger partial charge in [0.15, 0.2) is 0 Å². The van der Waals surface area contributed by atoms with Gasteiger partial charge in [0.2, 0.25) is 10.0 Å². The first-order chi connectivity index (χ1) is 12.9. The van der Waals surface area contributed by atoms with Crippen molar-refractivity contribution in [2.45, 2.75) is 29.8 Å². The number of hydrogen-bond acceptors (Lipinski definition) is 3. The number of benzene rings is 2. The summed E-state index contributed by atoms with van der Waals surface area (Å²) in [6.45, 7) is -0.512. The maximum Gasteiger partial charge on any atom is 0.573 e. The largest absolute Gasteiger partial charge is 0.573 e. The molecule has 0 spiro atoms. The van der Waals surface area contributed by atoms with Gasteiger partial charge < -0.3 is 4.74 Å². The zero-order valence-electron chi connectivity index (χ0n) is 14.1. The highest BCUT2D eigenvalue weighted by atomic mass is 32.2. The Balaban J connectivity index is 2.04. The smallest absolute Gasteiger partial charge is 0.406 e. The van der Waals surface area contributed by atoms with Gasteiger partial charge in [-0.3, -0.25) is 0 Å². The number of ether oxygens (including phenoxy) is 1. The van der Waals surface area contributed by atoms with Crippen LogP contribution in [0.1, 0.15) is 17.9 Å². The summed E-state index contributed by atoms with van der Waals surface area (Å²) in [6.07, 6.45) is -10.0. The Hall–Kier alpha value is -2.27. The highest BCUT2D eigenvalue weighted by molar-refractivity contribution is 7.89. The SMILES string of the molecule is O=S(=O)(NCC[C@@H](c1ccccc1)C(F)(F)F)c1ccc(OC(F)(F)F)cc1. The summed E-state index contributed by atoms with van der Waals surface area (Å²) in [6, 6.07) is 10.4. The molecule has 0 aliphatic carbocycles. The maximum absolute atomic E-state index is 13.2. The third kappa shape index (κ3) is 6.41. The summed E-state index contributed by atoms with van der Waals surface area (Å²) in [5, 5.41) is 0. The van der Waals surface area contributed by atoms with Crippen LogP contribution in [0.3, 0.4) is 0 Å². The molecular formula is C17H15F6NO3S. The number of alkyl halides is 6. The lowest BCUT2D eigenvalue weighted by Gasteiger charge is -2.21. The van der Waals surface area contributed by atoms with Crippen LogP contribution in [0.2, 0.25) is 0 Å². The molecule has 0 saturated heterocycles. The van der Waals surface area contributed by atoms with Crippen LogP contribution >= 0.6 is 0 Å². The maximum atomic E-state index is 13.2. The van der Waals surface area contributed by atoms with Gasteiger partial charge in [-0.2, -0.15) is 13.2 Å². The lowest BCUT2D eigenvalue weighted by molar-refractivity contribution is -0.274. The van der Waals surface area contributed by atoms with E-state index in [0.717, 1.165) is 24.3 Å². The normalized spacial score (nSPS) is 13.9. The molecule has 2 aromatic carbocycles. The van der Waals surface area contributed by atoms with E-state index in [9.17, 15) is 34.8 Å². The monoisotopic (exact) mass is 427 g/mol. The van der Waals surface area contributed by atoms with E-state index in [1.165, 1.54) is 24.3 Å². The highest BCUT2D eigenvalue weighted by Gasteiger charge is 2.40. The summed E-state index contributed by atoms with van der Waals surface area (Å²) in [5.41, 5.74) is 0.00264. The van der Waals surface area contributed by atoms with Crippen LogP contribution in [-0.2, 0) is 10.0 Å². The van der Waals surface area contributed by atoms with E-state index < -0.39 is 52.1 Å². The van der Waals surface area contributed by atoms with Crippen LogP contribution < -0.4 is 9.46 Å². The van der Waals surface area contributed by atoms with Gasteiger partial charge in [0.1, 0.15) is 5.75 Å². The molecule has 0 aliphatic heterocycles. The highest BCUT2D eigenvalue weighted by Crippen LogP contribution is 2.37. The minimum atomic E-state index is -4.93. The van der Waals surface area contributed by atoms with Crippen molar-refractivity contribution in [3.8, 4) is 5.75 Å². The van der Waals surface area contributed by atoms with E-state index >= 15 is 0 Å². The molecule has 0 bridgehead atoms. The number of halogens is 6. The summed E-state index contributed by atoms with van der Waals surface area (Å²) in [4.78, 5) is -0.398. The van der Waals surface area contributed by atoms with Crippen LogP contribution in [0.4, 0.5) is 26.3 Å². The lowest BCUT2D eigenvalue weighted by Crippen LogP contribution is -2.29. The summed E-state index contributed by atoms with van der Waals surface area (Å²) < 4.78 is 106. The number of hydrogen-bond donors (Lipinski definition) is 1. The number of sulfonamides is 1. The molecular weight excluding hydrogens is 412 g/mol. The minimum absolute atomic E-state index is 0.00264. The van der Waals surface area contributed by atoms with E-state index in [0.29, 0.717) is 0 Å².